The molecule has 1 atom stereocenters. The average molecular weight is 336 g/mol. The van der Waals surface area contributed by atoms with Crippen molar-refractivity contribution in [3.63, 3.8) is 0 Å². The van der Waals surface area contributed by atoms with E-state index in [0.29, 0.717) is 11.8 Å². The molecule has 0 fully saturated rings. The van der Waals surface area contributed by atoms with Gasteiger partial charge in [0.2, 0.25) is 11.8 Å². The zero-order valence-corrected chi connectivity index (χ0v) is 14.8. The van der Waals surface area contributed by atoms with Gasteiger partial charge in [0.1, 0.15) is 0 Å². The molecule has 0 saturated heterocycles. The third-order valence-electron chi connectivity index (χ3n) is 4.26. The minimum atomic E-state index is 0.109. The highest BCUT2D eigenvalue weighted by Gasteiger charge is 2.11. The minimum absolute atomic E-state index is 0.109. The number of unbranched alkanes of at least 4 members (excludes halogenated alkanes) is 2. The largest absolute Gasteiger partial charge is 0.421 e. The van der Waals surface area contributed by atoms with Gasteiger partial charge >= 0.3 is 0 Å². The highest BCUT2D eigenvalue weighted by atomic mass is 16.5. The molecule has 1 aromatic carbocycles. The van der Waals surface area contributed by atoms with Crippen molar-refractivity contribution < 1.29 is 9.47 Å². The molecule has 0 aliphatic rings. The second-order valence-electron chi connectivity index (χ2n) is 6.09. The Morgan fingerprint density at radius 1 is 1.00 bits per heavy atom. The number of ether oxygens (including phenoxy) is 2. The molecule has 0 saturated carbocycles. The maximum Gasteiger partial charge on any atom is 0.221 e. The number of benzene rings is 1. The van der Waals surface area contributed by atoms with Crippen molar-refractivity contribution in [1.82, 2.24) is 9.97 Å². The van der Waals surface area contributed by atoms with Crippen LogP contribution in [0, 0.1) is 0 Å². The first-order chi connectivity index (χ1) is 12.3. The zero-order chi connectivity index (χ0) is 17.5. The number of hydrogen-bond acceptors (Lipinski definition) is 4. The van der Waals surface area contributed by atoms with Crippen LogP contribution in [0.2, 0.25) is 0 Å². The number of fused-ring (bicyclic) bond motifs is 1. The Kier molecular flexibility index (Phi) is 5.96. The molecule has 130 valence electrons. The van der Waals surface area contributed by atoms with Crippen molar-refractivity contribution in [3.8, 4) is 11.8 Å². The summed E-state index contributed by atoms with van der Waals surface area (Å²) in [6.07, 6.45) is 6.45. The third-order valence-corrected chi connectivity index (χ3v) is 4.26. The summed E-state index contributed by atoms with van der Waals surface area (Å²) >= 11 is 0. The molecule has 4 nitrogen and oxygen atoms in total. The molecule has 3 aromatic rings. The highest BCUT2D eigenvalue weighted by molar-refractivity contribution is 5.79. The van der Waals surface area contributed by atoms with Crippen molar-refractivity contribution in [2.45, 2.75) is 38.7 Å². The number of nitrogens with zero attached hydrogens (tertiary/aromatic N) is 2. The Morgan fingerprint density at radius 3 is 2.64 bits per heavy atom. The smallest absolute Gasteiger partial charge is 0.221 e. The normalized spacial score (nSPS) is 12.2. The Morgan fingerprint density at radius 2 is 1.88 bits per heavy atom. The van der Waals surface area contributed by atoms with Crippen LogP contribution < -0.4 is 4.74 Å². The molecular formula is C21H24N2O2. The molecule has 2 aromatic heterocycles. The van der Waals surface area contributed by atoms with E-state index in [1.807, 2.05) is 30.3 Å². The number of hydrogen-bond donors (Lipinski definition) is 0. The Hall–Kier alpha value is -2.46. The minimum Gasteiger partial charge on any atom is -0.421 e. The average Bonchev–Trinajstić information content (AvgIpc) is 2.66. The first-order valence-corrected chi connectivity index (χ1v) is 8.82. The van der Waals surface area contributed by atoms with Crippen molar-refractivity contribution in [2.75, 3.05) is 7.11 Å². The Labute approximate surface area is 148 Å². The topological polar surface area (TPSA) is 44.2 Å². The lowest BCUT2D eigenvalue weighted by Gasteiger charge is -2.16. The number of methoxy groups -OCH3 is 1. The van der Waals surface area contributed by atoms with Gasteiger partial charge in [0.15, 0.2) is 0 Å². The Bertz CT molecular complexity index is 805. The van der Waals surface area contributed by atoms with Gasteiger partial charge in [-0.3, -0.25) is 0 Å². The maximum atomic E-state index is 5.74. The third kappa shape index (κ3) is 4.54. The van der Waals surface area contributed by atoms with Crippen LogP contribution in [0.1, 0.15) is 44.3 Å². The van der Waals surface area contributed by atoms with E-state index >= 15 is 0 Å². The molecular weight excluding hydrogens is 312 g/mol. The van der Waals surface area contributed by atoms with Gasteiger partial charge in [0.25, 0.3) is 0 Å². The molecule has 0 N–H and O–H groups in total. The van der Waals surface area contributed by atoms with Gasteiger partial charge in [0.05, 0.1) is 11.6 Å². The Balaban J connectivity index is 1.82. The van der Waals surface area contributed by atoms with Gasteiger partial charge in [-0.25, -0.2) is 9.97 Å². The molecule has 2 heterocycles. The molecule has 0 spiro atoms. The molecule has 0 aliphatic carbocycles. The molecule has 0 aliphatic heterocycles. The van der Waals surface area contributed by atoms with Gasteiger partial charge in [0, 0.05) is 30.8 Å². The summed E-state index contributed by atoms with van der Waals surface area (Å²) in [6, 6.07) is 15.8. The van der Waals surface area contributed by atoms with E-state index in [-0.39, 0.29) is 6.10 Å². The first-order valence-electron chi connectivity index (χ1n) is 8.82. The predicted molar refractivity (Wildman–Crippen MR) is 99.9 cm³/mol. The molecule has 25 heavy (non-hydrogen) atoms. The van der Waals surface area contributed by atoms with Crippen LogP contribution in [0.4, 0.5) is 0 Å². The molecule has 0 radical (unpaired) electrons. The fourth-order valence-electron chi connectivity index (χ4n) is 2.89. The molecule has 0 amide bonds. The molecule has 3 rings (SSSR count). The number of pyridine rings is 2. The summed E-state index contributed by atoms with van der Waals surface area (Å²) in [5.74, 6) is 1.09. The molecule has 0 bridgehead atoms. The fraction of sp³-hybridized carbons (Fsp3) is 0.333. The quantitative estimate of drug-likeness (QED) is 0.496. The lowest BCUT2D eigenvalue weighted by molar-refractivity contribution is 0.0933. The first kappa shape index (κ1) is 17.4. The van der Waals surface area contributed by atoms with Crippen LogP contribution in [-0.4, -0.2) is 17.1 Å². The van der Waals surface area contributed by atoms with E-state index in [2.05, 4.69) is 35.1 Å². The fourth-order valence-corrected chi connectivity index (χ4v) is 2.89. The van der Waals surface area contributed by atoms with Crippen molar-refractivity contribution in [1.29, 1.82) is 0 Å². The second kappa shape index (κ2) is 8.58. The SMILES string of the molecule is CCCCCC(OC)c1ccc2ccc(Oc3ccccn3)nc2c1. The van der Waals surface area contributed by atoms with Gasteiger partial charge in [-0.15, -0.1) is 0 Å². The van der Waals surface area contributed by atoms with Gasteiger partial charge in [-0.2, -0.15) is 0 Å². The second-order valence-corrected chi connectivity index (χ2v) is 6.09. The van der Waals surface area contributed by atoms with E-state index in [1.165, 1.54) is 19.3 Å². The molecule has 4 heteroatoms. The van der Waals surface area contributed by atoms with Crippen LogP contribution in [0.15, 0.2) is 54.7 Å². The number of aromatic nitrogens is 2. The van der Waals surface area contributed by atoms with E-state index in [4.69, 9.17) is 9.47 Å². The van der Waals surface area contributed by atoms with Crippen LogP contribution in [0.3, 0.4) is 0 Å². The van der Waals surface area contributed by atoms with Gasteiger partial charge in [-0.1, -0.05) is 44.4 Å². The summed E-state index contributed by atoms with van der Waals surface area (Å²) < 4.78 is 11.4. The predicted octanol–water partition coefficient (Wildman–Crippen LogP) is 5.69. The van der Waals surface area contributed by atoms with E-state index < -0.39 is 0 Å². The standard InChI is InChI=1S/C21H24N2O2/c1-3-4-5-8-19(24-2)17-11-10-16-12-13-21(23-18(16)15-17)25-20-9-6-7-14-22-20/h6-7,9-15,19H,3-5,8H2,1-2H3. The van der Waals surface area contributed by atoms with E-state index in [1.54, 1.807) is 13.3 Å². The van der Waals surface area contributed by atoms with Crippen LogP contribution in [0.25, 0.3) is 10.9 Å². The van der Waals surface area contributed by atoms with E-state index in [0.717, 1.165) is 22.9 Å². The summed E-state index contributed by atoms with van der Waals surface area (Å²) in [5, 5.41) is 1.08. The van der Waals surface area contributed by atoms with Crippen molar-refractivity contribution in [2.24, 2.45) is 0 Å². The lowest BCUT2D eigenvalue weighted by atomic mass is 10.0. The summed E-state index contributed by atoms with van der Waals surface area (Å²) in [5.41, 5.74) is 2.07. The van der Waals surface area contributed by atoms with Crippen molar-refractivity contribution in [3.05, 3.63) is 60.3 Å². The zero-order valence-electron chi connectivity index (χ0n) is 14.8. The maximum absolute atomic E-state index is 5.74. The lowest BCUT2D eigenvalue weighted by Crippen LogP contribution is -2.02. The summed E-state index contributed by atoms with van der Waals surface area (Å²) in [6.45, 7) is 2.21. The summed E-state index contributed by atoms with van der Waals surface area (Å²) in [7, 11) is 1.77. The van der Waals surface area contributed by atoms with E-state index in [9.17, 15) is 0 Å². The summed E-state index contributed by atoms with van der Waals surface area (Å²) in [4.78, 5) is 8.80. The monoisotopic (exact) mass is 336 g/mol. The molecule has 1 unspecified atom stereocenters. The van der Waals surface area contributed by atoms with Crippen LogP contribution in [0.5, 0.6) is 11.8 Å². The highest BCUT2D eigenvalue weighted by Crippen LogP contribution is 2.27. The van der Waals surface area contributed by atoms with Gasteiger partial charge in [-0.05, 0) is 30.2 Å². The van der Waals surface area contributed by atoms with Crippen molar-refractivity contribution >= 4 is 10.9 Å². The number of rotatable bonds is 8. The van der Waals surface area contributed by atoms with Crippen LogP contribution >= 0.6 is 0 Å². The van der Waals surface area contributed by atoms with Crippen LogP contribution in [-0.2, 0) is 4.74 Å². The van der Waals surface area contributed by atoms with Gasteiger partial charge < -0.3 is 9.47 Å².